The van der Waals surface area contributed by atoms with Gasteiger partial charge in [-0.2, -0.15) is 9.97 Å². The Hall–Kier alpha value is -6.35. The summed E-state index contributed by atoms with van der Waals surface area (Å²) < 4.78 is 6.99. The van der Waals surface area contributed by atoms with Crippen LogP contribution in [0.1, 0.15) is 0 Å². The number of hydrogen-bond acceptors (Lipinski definition) is 7. The Morgan fingerprint density at radius 3 is 1.84 bits per heavy atom. The van der Waals surface area contributed by atoms with Crippen LogP contribution < -0.4 is 0 Å². The lowest BCUT2D eigenvalue weighted by Crippen LogP contribution is -2.06. The van der Waals surface area contributed by atoms with Crippen molar-refractivity contribution in [1.29, 1.82) is 0 Å². The van der Waals surface area contributed by atoms with E-state index in [2.05, 4.69) is 119 Å². The summed E-state index contributed by atoms with van der Waals surface area (Å²) in [6, 6.07) is 46.3. The summed E-state index contributed by atoms with van der Waals surface area (Å²) in [7, 11) is 0. The van der Waals surface area contributed by atoms with Gasteiger partial charge in [0.2, 0.25) is 5.95 Å². The van der Waals surface area contributed by atoms with Crippen LogP contribution in [0.15, 0.2) is 146 Å². The Morgan fingerprint density at radius 1 is 0.471 bits per heavy atom. The van der Waals surface area contributed by atoms with Crippen molar-refractivity contribution in [3.8, 4) is 39.9 Å². The molecule has 5 aromatic heterocycles. The first-order valence-electron chi connectivity index (χ1n) is 16.7. The number of thiophene rings is 2. The van der Waals surface area contributed by atoms with Gasteiger partial charge in [-0.05, 0) is 23.3 Å². The van der Waals surface area contributed by atoms with Gasteiger partial charge in [-0.25, -0.2) is 15.0 Å². The molecule has 6 nitrogen and oxygen atoms in total. The van der Waals surface area contributed by atoms with Gasteiger partial charge in [0.05, 0.1) is 21.3 Å². The number of benzene rings is 6. The molecule has 11 rings (SSSR count). The number of fused-ring (bicyclic) bond motifs is 12. The van der Waals surface area contributed by atoms with E-state index < -0.39 is 0 Å². The fourth-order valence-corrected chi connectivity index (χ4v) is 9.89. The molecule has 5 heterocycles. The molecule has 0 bridgehead atoms. The minimum Gasteiger partial charge on any atom is -0.277 e. The molecule has 0 spiro atoms. The standard InChI is InChI=1S/C43H24N6S2/c1-3-11-25(12-4-1)26-19-21-28(22-20-26)42-46-41(27-13-5-2-6-14-27)47-43(48-42)49-31-17-9-7-15-29(31)34-38(49)36-37-33(23-44-24-45-37)51-40(36)35-30-16-8-10-18-32(30)50-39(34)35/h1-24H. The van der Waals surface area contributed by atoms with Crippen molar-refractivity contribution in [1.82, 2.24) is 29.5 Å². The summed E-state index contributed by atoms with van der Waals surface area (Å²) in [6.45, 7) is 0. The van der Waals surface area contributed by atoms with Crippen molar-refractivity contribution in [2.75, 3.05) is 0 Å². The van der Waals surface area contributed by atoms with Gasteiger partial charge in [-0.1, -0.05) is 121 Å². The molecule has 0 saturated heterocycles. The summed E-state index contributed by atoms with van der Waals surface area (Å²) in [5, 5.41) is 5.95. The van der Waals surface area contributed by atoms with Crippen molar-refractivity contribution in [2.45, 2.75) is 0 Å². The molecule has 0 aliphatic carbocycles. The van der Waals surface area contributed by atoms with Crippen LogP contribution in [0.25, 0.3) is 102 Å². The van der Waals surface area contributed by atoms with Gasteiger partial charge < -0.3 is 0 Å². The van der Waals surface area contributed by atoms with Gasteiger partial charge in [-0.3, -0.25) is 4.57 Å². The van der Waals surface area contributed by atoms with E-state index in [0.717, 1.165) is 48.7 Å². The maximum atomic E-state index is 5.28. The molecule has 0 saturated carbocycles. The number of rotatable bonds is 4. The van der Waals surface area contributed by atoms with Gasteiger partial charge in [0, 0.05) is 58.4 Å². The summed E-state index contributed by atoms with van der Waals surface area (Å²) in [5.74, 6) is 1.79. The van der Waals surface area contributed by atoms with Crippen LogP contribution in [0.4, 0.5) is 0 Å². The van der Waals surface area contributed by atoms with E-state index in [1.807, 2.05) is 41.8 Å². The zero-order valence-corrected chi connectivity index (χ0v) is 28.5. The summed E-state index contributed by atoms with van der Waals surface area (Å²) in [5.41, 5.74) is 7.16. The van der Waals surface area contributed by atoms with E-state index in [1.165, 1.54) is 35.8 Å². The normalized spacial score (nSPS) is 11.9. The quantitative estimate of drug-likeness (QED) is 0.184. The molecular formula is C43H24N6S2. The second-order valence-corrected chi connectivity index (χ2v) is 14.6. The smallest absolute Gasteiger partial charge is 0.238 e. The minimum absolute atomic E-state index is 0.562. The van der Waals surface area contributed by atoms with E-state index >= 15 is 0 Å². The Balaban J connectivity index is 1.28. The van der Waals surface area contributed by atoms with E-state index in [-0.39, 0.29) is 0 Å². The minimum atomic E-state index is 0.562. The van der Waals surface area contributed by atoms with Crippen molar-refractivity contribution in [3.05, 3.63) is 146 Å². The number of hydrogen-bond donors (Lipinski definition) is 0. The lowest BCUT2D eigenvalue weighted by Gasteiger charge is -2.12. The summed E-state index contributed by atoms with van der Waals surface area (Å²) in [4.78, 5) is 24.9. The largest absolute Gasteiger partial charge is 0.277 e. The lowest BCUT2D eigenvalue weighted by molar-refractivity contribution is 0.955. The molecule has 0 fully saturated rings. The Bertz CT molecular complexity index is 3100. The molecule has 8 heteroatoms. The van der Waals surface area contributed by atoms with Crippen LogP contribution in [-0.4, -0.2) is 29.5 Å². The van der Waals surface area contributed by atoms with Crippen molar-refractivity contribution in [3.63, 3.8) is 0 Å². The Morgan fingerprint density at radius 2 is 1.06 bits per heavy atom. The van der Waals surface area contributed by atoms with Crippen molar-refractivity contribution in [2.24, 2.45) is 0 Å². The Labute approximate surface area is 299 Å². The van der Waals surface area contributed by atoms with Gasteiger partial charge >= 0.3 is 0 Å². The lowest BCUT2D eigenvalue weighted by atomic mass is 10.0. The number of nitrogens with zero attached hydrogens (tertiary/aromatic N) is 6. The molecule has 0 unspecified atom stereocenters. The number of para-hydroxylation sites is 1. The van der Waals surface area contributed by atoms with Crippen LogP contribution in [0, 0.1) is 0 Å². The zero-order chi connectivity index (χ0) is 33.5. The monoisotopic (exact) mass is 688 g/mol. The van der Waals surface area contributed by atoms with Crippen LogP contribution in [0.5, 0.6) is 0 Å². The molecule has 6 aromatic carbocycles. The molecule has 0 aliphatic rings. The highest BCUT2D eigenvalue weighted by atomic mass is 32.1. The van der Waals surface area contributed by atoms with Crippen molar-refractivity contribution >= 4 is 85.0 Å². The van der Waals surface area contributed by atoms with Crippen LogP contribution in [-0.2, 0) is 0 Å². The van der Waals surface area contributed by atoms with E-state index in [1.54, 1.807) is 17.7 Å². The average molecular weight is 689 g/mol. The molecule has 0 amide bonds. The Kier molecular flexibility index (Phi) is 6.19. The first-order chi connectivity index (χ1) is 25.3. The highest BCUT2D eigenvalue weighted by Gasteiger charge is 2.26. The fraction of sp³-hybridized carbons (Fsp3) is 0. The highest BCUT2D eigenvalue weighted by molar-refractivity contribution is 7.30. The maximum Gasteiger partial charge on any atom is 0.238 e. The third-order valence-electron chi connectivity index (χ3n) is 9.62. The van der Waals surface area contributed by atoms with E-state index in [4.69, 9.17) is 19.9 Å². The highest BCUT2D eigenvalue weighted by Crippen LogP contribution is 2.51. The molecule has 0 aliphatic heterocycles. The van der Waals surface area contributed by atoms with Gasteiger partial charge in [-0.15, -0.1) is 22.7 Å². The predicted molar refractivity (Wildman–Crippen MR) is 212 cm³/mol. The second kappa shape index (κ2) is 11.1. The topological polar surface area (TPSA) is 69.4 Å². The molecular weight excluding hydrogens is 665 g/mol. The van der Waals surface area contributed by atoms with Crippen molar-refractivity contribution < 1.29 is 0 Å². The predicted octanol–water partition coefficient (Wildman–Crippen LogP) is 11.5. The number of aromatic nitrogens is 6. The maximum absolute atomic E-state index is 5.28. The van der Waals surface area contributed by atoms with Crippen LogP contribution in [0.2, 0.25) is 0 Å². The fourth-order valence-electron chi connectivity index (χ4n) is 7.36. The SMILES string of the molecule is c1ccc(-c2ccc(-c3nc(-c4ccccc4)nc(-n4c5ccccc5c5c6sc7ccccc7c6c6sc7cncnc7c6c54)n3)cc2)cc1. The molecule has 0 radical (unpaired) electrons. The van der Waals surface area contributed by atoms with Gasteiger partial charge in [0.25, 0.3) is 0 Å². The summed E-state index contributed by atoms with van der Waals surface area (Å²) in [6.07, 6.45) is 3.58. The molecule has 51 heavy (non-hydrogen) atoms. The summed E-state index contributed by atoms with van der Waals surface area (Å²) >= 11 is 3.60. The molecule has 238 valence electrons. The average Bonchev–Trinajstić information content (AvgIpc) is 3.88. The van der Waals surface area contributed by atoms with Gasteiger partial charge in [0.1, 0.15) is 6.33 Å². The van der Waals surface area contributed by atoms with Crippen LogP contribution >= 0.6 is 22.7 Å². The first-order valence-corrected chi connectivity index (χ1v) is 18.3. The third-order valence-corrected chi connectivity index (χ3v) is 11.9. The molecule has 0 N–H and O–H groups in total. The van der Waals surface area contributed by atoms with E-state index in [9.17, 15) is 0 Å². The van der Waals surface area contributed by atoms with E-state index in [0.29, 0.717) is 17.6 Å². The van der Waals surface area contributed by atoms with Crippen LogP contribution in [0.3, 0.4) is 0 Å². The molecule has 11 aromatic rings. The first kappa shape index (κ1) is 28.5. The second-order valence-electron chi connectivity index (χ2n) is 12.5. The third kappa shape index (κ3) is 4.30. The zero-order valence-electron chi connectivity index (χ0n) is 26.9. The van der Waals surface area contributed by atoms with Gasteiger partial charge in [0.15, 0.2) is 11.6 Å². The molecule has 0 atom stereocenters.